The first-order valence-electron chi connectivity index (χ1n) is 8.90. The van der Waals surface area contributed by atoms with Gasteiger partial charge >= 0.3 is 0 Å². The van der Waals surface area contributed by atoms with E-state index in [1.54, 1.807) is 0 Å². The van der Waals surface area contributed by atoms with Crippen molar-refractivity contribution < 1.29 is 0 Å². The van der Waals surface area contributed by atoms with Crippen molar-refractivity contribution >= 4 is 33.2 Å². The van der Waals surface area contributed by atoms with Crippen LogP contribution in [0.25, 0.3) is 5.69 Å². The van der Waals surface area contributed by atoms with Crippen LogP contribution in [0.15, 0.2) is 64.6 Å². The van der Waals surface area contributed by atoms with Crippen molar-refractivity contribution in [3.63, 3.8) is 0 Å². The second-order valence-electron chi connectivity index (χ2n) is 6.69. The fraction of sp³-hybridized carbons (Fsp3) is 0.190. The van der Waals surface area contributed by atoms with E-state index in [1.165, 1.54) is 0 Å². The first-order valence-corrected chi connectivity index (χ1v) is 10.1. The van der Waals surface area contributed by atoms with Gasteiger partial charge in [-0.2, -0.15) is 0 Å². The number of hydrogen-bond donors (Lipinski definition) is 0. The highest BCUT2D eigenvalue weighted by Crippen LogP contribution is 2.29. The SMILES string of the molecule is C=CCN(C)Cc1nnc2n1-c1cc(Br)ccc1C(c1cccc(Cl)c1)=NC2. The third-order valence-electron chi connectivity index (χ3n) is 4.58. The van der Waals surface area contributed by atoms with Gasteiger partial charge in [0.1, 0.15) is 6.54 Å². The fourth-order valence-electron chi connectivity index (χ4n) is 3.37. The second-order valence-corrected chi connectivity index (χ2v) is 8.04. The highest BCUT2D eigenvalue weighted by atomic mass is 79.9. The van der Waals surface area contributed by atoms with E-state index < -0.39 is 0 Å². The molecule has 0 aliphatic carbocycles. The standard InChI is InChI=1S/C21H19BrClN5/c1-3-9-27(2)13-20-26-25-19-12-24-21(14-5-4-6-16(23)10-14)17-8-7-15(22)11-18(17)28(19)20/h3-8,10-11H,1,9,12-13H2,2H3. The molecular weight excluding hydrogens is 438 g/mol. The van der Waals surface area contributed by atoms with Crippen molar-refractivity contribution in [3.05, 3.63) is 87.4 Å². The zero-order valence-electron chi connectivity index (χ0n) is 15.4. The summed E-state index contributed by atoms with van der Waals surface area (Å²) in [5, 5.41) is 9.54. The fourth-order valence-corrected chi connectivity index (χ4v) is 3.91. The second kappa shape index (κ2) is 7.99. The van der Waals surface area contributed by atoms with Crippen molar-refractivity contribution in [2.75, 3.05) is 13.6 Å². The summed E-state index contributed by atoms with van der Waals surface area (Å²) in [7, 11) is 2.04. The molecule has 0 bridgehead atoms. The topological polar surface area (TPSA) is 46.3 Å². The molecule has 1 aromatic heterocycles. The predicted octanol–water partition coefficient (Wildman–Crippen LogP) is 4.65. The lowest BCUT2D eigenvalue weighted by Crippen LogP contribution is -2.21. The van der Waals surface area contributed by atoms with Crippen molar-refractivity contribution in [2.45, 2.75) is 13.1 Å². The molecule has 7 heteroatoms. The van der Waals surface area contributed by atoms with Gasteiger partial charge < -0.3 is 0 Å². The molecule has 0 fully saturated rings. The summed E-state index contributed by atoms with van der Waals surface area (Å²) in [6.07, 6.45) is 1.88. The van der Waals surface area contributed by atoms with E-state index in [1.807, 2.05) is 43.5 Å². The molecule has 0 N–H and O–H groups in total. The van der Waals surface area contributed by atoms with Crippen LogP contribution in [0.5, 0.6) is 0 Å². The molecular formula is C21H19BrClN5. The van der Waals surface area contributed by atoms with E-state index >= 15 is 0 Å². The lowest BCUT2D eigenvalue weighted by atomic mass is 10.0. The molecule has 1 aliphatic heterocycles. The quantitative estimate of drug-likeness (QED) is 0.525. The Morgan fingerprint density at radius 3 is 2.89 bits per heavy atom. The van der Waals surface area contributed by atoms with Crippen LogP contribution in [-0.4, -0.2) is 39.0 Å². The predicted molar refractivity (Wildman–Crippen MR) is 116 cm³/mol. The van der Waals surface area contributed by atoms with Gasteiger partial charge in [0, 0.05) is 27.2 Å². The van der Waals surface area contributed by atoms with Crippen molar-refractivity contribution in [1.82, 2.24) is 19.7 Å². The highest BCUT2D eigenvalue weighted by molar-refractivity contribution is 9.10. The molecule has 28 heavy (non-hydrogen) atoms. The molecule has 4 rings (SSSR count). The maximum atomic E-state index is 6.23. The lowest BCUT2D eigenvalue weighted by Gasteiger charge is -2.17. The third-order valence-corrected chi connectivity index (χ3v) is 5.31. The van der Waals surface area contributed by atoms with E-state index in [-0.39, 0.29) is 0 Å². The van der Waals surface area contributed by atoms with E-state index in [0.717, 1.165) is 45.2 Å². The van der Waals surface area contributed by atoms with Crippen LogP contribution < -0.4 is 0 Å². The molecule has 2 heterocycles. The average Bonchev–Trinajstić information content (AvgIpc) is 2.97. The molecule has 0 spiro atoms. The number of aliphatic imine (C=N–C) groups is 1. The van der Waals surface area contributed by atoms with Gasteiger partial charge in [0.05, 0.1) is 17.9 Å². The minimum atomic E-state index is 0.451. The molecule has 0 unspecified atom stereocenters. The van der Waals surface area contributed by atoms with Crippen LogP contribution in [0.2, 0.25) is 5.02 Å². The highest BCUT2D eigenvalue weighted by Gasteiger charge is 2.23. The molecule has 0 amide bonds. The normalized spacial score (nSPS) is 12.9. The van der Waals surface area contributed by atoms with E-state index in [9.17, 15) is 0 Å². The van der Waals surface area contributed by atoms with Crippen LogP contribution in [0.3, 0.4) is 0 Å². The third kappa shape index (κ3) is 3.68. The van der Waals surface area contributed by atoms with Crippen LogP contribution in [0.4, 0.5) is 0 Å². The number of nitrogens with zero attached hydrogens (tertiary/aromatic N) is 5. The molecule has 0 radical (unpaired) electrons. The van der Waals surface area contributed by atoms with Gasteiger partial charge in [-0.1, -0.05) is 45.7 Å². The molecule has 0 atom stereocenters. The van der Waals surface area contributed by atoms with Crippen molar-refractivity contribution in [1.29, 1.82) is 0 Å². The Morgan fingerprint density at radius 1 is 1.25 bits per heavy atom. The Hall–Kier alpha value is -2.28. The first kappa shape index (κ1) is 19.1. The first-order chi connectivity index (χ1) is 13.6. The maximum Gasteiger partial charge on any atom is 0.159 e. The smallest absolute Gasteiger partial charge is 0.159 e. The molecule has 3 aromatic rings. The zero-order chi connectivity index (χ0) is 19.7. The minimum absolute atomic E-state index is 0.451. The average molecular weight is 457 g/mol. The number of aromatic nitrogens is 3. The van der Waals surface area contributed by atoms with E-state index in [4.69, 9.17) is 16.6 Å². The number of likely N-dealkylation sites (N-methyl/N-ethyl adjacent to an activating group) is 1. The summed E-state index contributed by atoms with van der Waals surface area (Å²) in [6.45, 7) is 5.70. The minimum Gasteiger partial charge on any atom is -0.295 e. The van der Waals surface area contributed by atoms with Crippen LogP contribution in [0, 0.1) is 0 Å². The van der Waals surface area contributed by atoms with Crippen molar-refractivity contribution in [3.8, 4) is 5.69 Å². The number of fused-ring (bicyclic) bond motifs is 3. The van der Waals surface area contributed by atoms with Crippen LogP contribution in [-0.2, 0) is 13.1 Å². The van der Waals surface area contributed by atoms with Gasteiger partial charge in [-0.25, -0.2) is 0 Å². The Bertz CT molecular complexity index is 1070. The lowest BCUT2D eigenvalue weighted by molar-refractivity contribution is 0.350. The molecule has 5 nitrogen and oxygen atoms in total. The van der Waals surface area contributed by atoms with Gasteiger partial charge in [-0.15, -0.1) is 16.8 Å². The van der Waals surface area contributed by atoms with Crippen LogP contribution >= 0.6 is 27.5 Å². The summed E-state index contributed by atoms with van der Waals surface area (Å²) >= 11 is 9.84. The largest absolute Gasteiger partial charge is 0.295 e. The molecule has 142 valence electrons. The summed E-state index contributed by atoms with van der Waals surface area (Å²) < 4.78 is 3.10. The Balaban J connectivity index is 1.86. The van der Waals surface area contributed by atoms with Gasteiger partial charge in [0.25, 0.3) is 0 Å². The number of rotatable bonds is 5. The van der Waals surface area contributed by atoms with Gasteiger partial charge in [-0.3, -0.25) is 14.5 Å². The summed E-state index contributed by atoms with van der Waals surface area (Å²) in [5.41, 5.74) is 3.92. The molecule has 0 saturated carbocycles. The zero-order valence-corrected chi connectivity index (χ0v) is 17.8. The van der Waals surface area contributed by atoms with E-state index in [2.05, 4.69) is 54.3 Å². The Kier molecular flexibility index (Phi) is 5.44. The summed E-state index contributed by atoms with van der Waals surface area (Å²) in [4.78, 5) is 7.01. The molecule has 0 saturated heterocycles. The Morgan fingerprint density at radius 2 is 2.11 bits per heavy atom. The van der Waals surface area contributed by atoms with Gasteiger partial charge in [0.15, 0.2) is 11.6 Å². The summed E-state index contributed by atoms with van der Waals surface area (Å²) in [5.74, 6) is 1.69. The monoisotopic (exact) mass is 455 g/mol. The van der Waals surface area contributed by atoms with Crippen molar-refractivity contribution in [2.24, 2.45) is 4.99 Å². The van der Waals surface area contributed by atoms with Gasteiger partial charge in [0.2, 0.25) is 0 Å². The van der Waals surface area contributed by atoms with Crippen LogP contribution in [0.1, 0.15) is 22.8 Å². The maximum absolute atomic E-state index is 6.23. The molecule has 1 aliphatic rings. The number of benzene rings is 2. The summed E-state index contributed by atoms with van der Waals surface area (Å²) in [6, 6.07) is 14.0. The Labute approximate surface area is 177 Å². The number of halogens is 2. The molecule has 2 aromatic carbocycles. The number of hydrogen-bond acceptors (Lipinski definition) is 4. The van der Waals surface area contributed by atoms with E-state index in [0.29, 0.717) is 18.1 Å². The van der Waals surface area contributed by atoms with Gasteiger partial charge in [-0.05, 0) is 37.4 Å².